The molecule has 0 aliphatic carbocycles. The molecule has 1 atom stereocenters. The van der Waals surface area contributed by atoms with Gasteiger partial charge in [-0.3, -0.25) is 9.69 Å². The standard InChI is InChI=1S/C31H26F6N4O2/c1-43-28-9-4-10-38-27(28)8-5-11-40-12-13-41(24(19-40)16-21-18-39-26-7-3-2-6-25(21)26)29(42)20-14-22(30(32,33)34)17-23(15-20)31(35,36)37/h2-4,6-7,9-10,14-15,17-18,24,39H,11-13,16,19H2,1H3/t24-/m1/s1. The Kier molecular flexibility index (Phi) is 8.37. The summed E-state index contributed by atoms with van der Waals surface area (Å²) in [6, 6.07) is 11.4. The monoisotopic (exact) mass is 600 g/mol. The van der Waals surface area contributed by atoms with Crippen molar-refractivity contribution in [3.8, 4) is 17.6 Å². The Balaban J connectivity index is 1.45. The molecule has 3 heterocycles. The number of hydrogen-bond donors (Lipinski definition) is 1. The number of aromatic amines is 1. The summed E-state index contributed by atoms with van der Waals surface area (Å²) < 4.78 is 86.5. The maximum Gasteiger partial charge on any atom is 0.416 e. The number of methoxy groups -OCH3 is 1. The van der Waals surface area contributed by atoms with E-state index in [0.717, 1.165) is 16.5 Å². The summed E-state index contributed by atoms with van der Waals surface area (Å²) in [4.78, 5) is 24.4. The normalized spacial score (nSPS) is 16.2. The molecule has 224 valence electrons. The summed E-state index contributed by atoms with van der Waals surface area (Å²) in [5, 5.41) is 0.910. The zero-order valence-corrected chi connectivity index (χ0v) is 22.9. The number of halogens is 6. The first kappa shape index (κ1) is 30.0. The lowest BCUT2D eigenvalue weighted by atomic mass is 9.98. The fraction of sp³-hybridized carbons (Fsp3) is 0.290. The minimum Gasteiger partial charge on any atom is -0.494 e. The highest BCUT2D eigenvalue weighted by Gasteiger charge is 2.39. The van der Waals surface area contributed by atoms with Crippen molar-refractivity contribution >= 4 is 16.8 Å². The molecule has 0 unspecified atom stereocenters. The number of pyridine rings is 1. The second-order valence-corrected chi connectivity index (χ2v) is 10.1. The maximum absolute atomic E-state index is 13.7. The van der Waals surface area contributed by atoms with Crippen LogP contribution in [0.3, 0.4) is 0 Å². The van der Waals surface area contributed by atoms with Crippen LogP contribution in [0, 0.1) is 11.8 Å². The summed E-state index contributed by atoms with van der Waals surface area (Å²) in [6.07, 6.45) is -6.42. The van der Waals surface area contributed by atoms with Crippen molar-refractivity contribution < 1.29 is 35.9 Å². The van der Waals surface area contributed by atoms with Crippen molar-refractivity contribution in [3.05, 3.63) is 94.9 Å². The van der Waals surface area contributed by atoms with Crippen LogP contribution in [0.2, 0.25) is 0 Å². The smallest absolute Gasteiger partial charge is 0.416 e. The summed E-state index contributed by atoms with van der Waals surface area (Å²) >= 11 is 0. The predicted octanol–water partition coefficient (Wildman–Crippen LogP) is 6.03. The molecule has 43 heavy (non-hydrogen) atoms. The highest BCUT2D eigenvalue weighted by atomic mass is 19.4. The first-order valence-electron chi connectivity index (χ1n) is 13.3. The molecule has 4 aromatic rings. The second kappa shape index (κ2) is 12.0. The van der Waals surface area contributed by atoms with E-state index >= 15 is 0 Å². The summed E-state index contributed by atoms with van der Waals surface area (Å²) in [5.74, 6) is 5.64. The number of rotatable bonds is 5. The molecule has 1 fully saturated rings. The zero-order valence-electron chi connectivity index (χ0n) is 22.9. The van der Waals surface area contributed by atoms with Crippen molar-refractivity contribution in [1.82, 2.24) is 19.8 Å². The highest BCUT2D eigenvalue weighted by molar-refractivity contribution is 5.95. The van der Waals surface area contributed by atoms with Gasteiger partial charge in [-0.05, 0) is 54.3 Å². The number of nitrogens with zero attached hydrogens (tertiary/aromatic N) is 3. The van der Waals surface area contributed by atoms with E-state index in [4.69, 9.17) is 4.74 Å². The molecule has 1 aliphatic heterocycles. The van der Waals surface area contributed by atoms with Crippen LogP contribution in [0.4, 0.5) is 26.3 Å². The van der Waals surface area contributed by atoms with Crippen LogP contribution in [0.25, 0.3) is 10.9 Å². The number of fused-ring (bicyclic) bond motifs is 1. The van der Waals surface area contributed by atoms with Gasteiger partial charge in [0.2, 0.25) is 0 Å². The number of para-hydroxylation sites is 1. The van der Waals surface area contributed by atoms with Crippen LogP contribution in [0.5, 0.6) is 5.75 Å². The number of H-pyrrole nitrogens is 1. The Hall–Kier alpha value is -4.50. The number of carbonyl (C=O) groups excluding carboxylic acids is 1. The summed E-state index contributed by atoms with van der Waals surface area (Å²) in [7, 11) is 1.51. The van der Waals surface area contributed by atoms with Crippen LogP contribution in [0.15, 0.2) is 67.0 Å². The lowest BCUT2D eigenvalue weighted by molar-refractivity contribution is -0.143. The third-order valence-corrected chi connectivity index (χ3v) is 7.29. The number of aromatic nitrogens is 2. The molecule has 0 radical (unpaired) electrons. The molecule has 1 saturated heterocycles. The predicted molar refractivity (Wildman–Crippen MR) is 147 cm³/mol. The second-order valence-electron chi connectivity index (χ2n) is 10.1. The molecule has 12 heteroatoms. The Morgan fingerprint density at radius 2 is 1.74 bits per heavy atom. The minimum absolute atomic E-state index is 0.0212. The minimum atomic E-state index is -5.06. The molecular weight excluding hydrogens is 574 g/mol. The van der Waals surface area contributed by atoms with Crippen LogP contribution < -0.4 is 4.74 Å². The molecule has 0 bridgehead atoms. The average Bonchev–Trinajstić information content (AvgIpc) is 3.39. The van der Waals surface area contributed by atoms with Gasteiger partial charge in [0, 0.05) is 54.5 Å². The Labute approximate surface area is 243 Å². The first-order chi connectivity index (χ1) is 20.4. The molecule has 6 nitrogen and oxygen atoms in total. The SMILES string of the molecule is COc1cccnc1C#CCN1CCN(C(=O)c2cc(C(F)(F)F)cc(C(F)(F)F)c2)[C@H](Cc2c[nH]c3ccccc23)C1. The van der Waals surface area contributed by atoms with Crippen molar-refractivity contribution in [2.45, 2.75) is 24.8 Å². The van der Waals surface area contributed by atoms with Gasteiger partial charge in [0.15, 0.2) is 11.4 Å². The molecule has 0 spiro atoms. The van der Waals surface area contributed by atoms with Crippen LogP contribution in [0.1, 0.15) is 32.7 Å². The van der Waals surface area contributed by atoms with Crippen molar-refractivity contribution in [2.24, 2.45) is 0 Å². The fourth-order valence-corrected chi connectivity index (χ4v) is 5.19. The van der Waals surface area contributed by atoms with Gasteiger partial charge in [-0.2, -0.15) is 26.3 Å². The number of ether oxygens (including phenoxy) is 1. The molecule has 5 rings (SSSR count). The van der Waals surface area contributed by atoms with E-state index in [9.17, 15) is 31.1 Å². The van der Waals surface area contributed by atoms with Gasteiger partial charge in [-0.25, -0.2) is 4.98 Å². The van der Waals surface area contributed by atoms with Gasteiger partial charge in [0.25, 0.3) is 5.91 Å². The number of hydrogen-bond acceptors (Lipinski definition) is 4. The van der Waals surface area contributed by atoms with E-state index in [-0.39, 0.29) is 12.6 Å². The van der Waals surface area contributed by atoms with Crippen LogP contribution in [-0.4, -0.2) is 65.0 Å². The molecule has 1 amide bonds. The van der Waals surface area contributed by atoms with Gasteiger partial charge in [0.1, 0.15) is 0 Å². The first-order valence-corrected chi connectivity index (χ1v) is 13.3. The van der Waals surface area contributed by atoms with Gasteiger partial charge < -0.3 is 14.6 Å². The lowest BCUT2D eigenvalue weighted by Crippen LogP contribution is -2.56. The van der Waals surface area contributed by atoms with E-state index < -0.39 is 41.0 Å². The number of benzene rings is 2. The number of carbonyl (C=O) groups is 1. The molecule has 2 aromatic heterocycles. The zero-order chi connectivity index (χ0) is 30.8. The molecule has 1 aliphatic rings. The highest BCUT2D eigenvalue weighted by Crippen LogP contribution is 2.37. The van der Waals surface area contributed by atoms with Crippen molar-refractivity contribution in [1.29, 1.82) is 0 Å². The molecular formula is C31H26F6N4O2. The van der Waals surface area contributed by atoms with Gasteiger partial charge in [-0.1, -0.05) is 24.1 Å². The average molecular weight is 601 g/mol. The van der Waals surface area contributed by atoms with E-state index in [1.165, 1.54) is 12.0 Å². The van der Waals surface area contributed by atoms with E-state index in [1.54, 1.807) is 24.5 Å². The largest absolute Gasteiger partial charge is 0.494 e. The summed E-state index contributed by atoms with van der Waals surface area (Å²) in [6.45, 7) is 0.992. The number of nitrogens with one attached hydrogen (secondary N) is 1. The van der Waals surface area contributed by atoms with Gasteiger partial charge in [0.05, 0.1) is 24.8 Å². The summed E-state index contributed by atoms with van der Waals surface area (Å²) in [5.41, 5.74) is -1.54. The van der Waals surface area contributed by atoms with Gasteiger partial charge in [-0.15, -0.1) is 0 Å². The van der Waals surface area contributed by atoms with Crippen molar-refractivity contribution in [3.63, 3.8) is 0 Å². The quantitative estimate of drug-likeness (QED) is 0.225. The Bertz CT molecular complexity index is 1650. The molecule has 2 aromatic carbocycles. The van der Waals surface area contributed by atoms with E-state index in [1.807, 2.05) is 29.2 Å². The lowest BCUT2D eigenvalue weighted by Gasteiger charge is -2.41. The Morgan fingerprint density at radius 1 is 1.02 bits per heavy atom. The fourth-order valence-electron chi connectivity index (χ4n) is 5.19. The van der Waals surface area contributed by atoms with Crippen LogP contribution in [-0.2, 0) is 18.8 Å². The third-order valence-electron chi connectivity index (χ3n) is 7.29. The topological polar surface area (TPSA) is 61.5 Å². The van der Waals surface area contributed by atoms with E-state index in [0.29, 0.717) is 49.6 Å². The van der Waals surface area contributed by atoms with Gasteiger partial charge >= 0.3 is 12.4 Å². The van der Waals surface area contributed by atoms with E-state index in [2.05, 4.69) is 21.8 Å². The van der Waals surface area contributed by atoms with Crippen LogP contribution >= 0.6 is 0 Å². The molecule has 0 saturated carbocycles. The number of amides is 1. The Morgan fingerprint density at radius 3 is 2.44 bits per heavy atom. The third kappa shape index (κ3) is 6.78. The van der Waals surface area contributed by atoms with Crippen molar-refractivity contribution in [2.75, 3.05) is 33.3 Å². The number of piperazine rings is 1. The molecule has 1 N–H and O–H groups in total. The maximum atomic E-state index is 13.7. The number of alkyl halides is 6.